The van der Waals surface area contributed by atoms with E-state index in [1.165, 1.54) is 0 Å². The zero-order valence-electron chi connectivity index (χ0n) is 6.79. The van der Waals surface area contributed by atoms with Crippen LogP contribution in [0.15, 0.2) is 29.8 Å². The molecule has 3 heteroatoms. The molecule has 3 nitrogen and oxygen atoms in total. The first kappa shape index (κ1) is 9.62. The first-order valence-corrected chi connectivity index (χ1v) is 3.24. The second-order valence-electron chi connectivity index (χ2n) is 1.78. The third-order valence-corrected chi connectivity index (χ3v) is 1.09. The third kappa shape index (κ3) is 3.35. The van der Waals surface area contributed by atoms with E-state index in [4.69, 9.17) is 0 Å². The van der Waals surface area contributed by atoms with Gasteiger partial charge in [-0.3, -0.25) is 9.79 Å². The molecule has 0 rings (SSSR count). The van der Waals surface area contributed by atoms with E-state index in [0.29, 0.717) is 5.71 Å². The molecule has 0 atom stereocenters. The standard InChI is InChI=1S/C8H12N2O/c1-4-5-6-7(9-2)8(11)10-3/h4-6H,1H2,2-3H3,(H,10,11)/b6-5-,9-7?. The second kappa shape index (κ2) is 5.41. The highest BCUT2D eigenvalue weighted by atomic mass is 16.1. The molecule has 0 aliphatic heterocycles. The predicted octanol–water partition coefficient (Wildman–Crippen LogP) is 0.545. The van der Waals surface area contributed by atoms with E-state index in [0.717, 1.165) is 0 Å². The molecule has 0 aromatic heterocycles. The lowest BCUT2D eigenvalue weighted by Gasteiger charge is -1.95. The van der Waals surface area contributed by atoms with Crippen molar-refractivity contribution >= 4 is 11.6 Å². The Morgan fingerprint density at radius 1 is 1.64 bits per heavy atom. The van der Waals surface area contributed by atoms with E-state index in [9.17, 15) is 4.79 Å². The molecule has 0 fully saturated rings. The summed E-state index contributed by atoms with van der Waals surface area (Å²) < 4.78 is 0. The summed E-state index contributed by atoms with van der Waals surface area (Å²) in [6.45, 7) is 3.48. The van der Waals surface area contributed by atoms with Gasteiger partial charge in [-0.15, -0.1) is 0 Å². The van der Waals surface area contributed by atoms with Crippen LogP contribution in [0.1, 0.15) is 0 Å². The summed E-state index contributed by atoms with van der Waals surface area (Å²) in [6.07, 6.45) is 4.86. The summed E-state index contributed by atoms with van der Waals surface area (Å²) in [7, 11) is 3.13. The third-order valence-electron chi connectivity index (χ3n) is 1.09. The van der Waals surface area contributed by atoms with E-state index < -0.39 is 0 Å². The first-order valence-electron chi connectivity index (χ1n) is 3.24. The minimum Gasteiger partial charge on any atom is -0.354 e. The highest BCUT2D eigenvalue weighted by Gasteiger charge is 2.01. The van der Waals surface area contributed by atoms with Crippen LogP contribution in [0.3, 0.4) is 0 Å². The SMILES string of the molecule is C=C/C=C\C(=NC)C(=O)NC. The van der Waals surface area contributed by atoms with Crippen LogP contribution in [0.5, 0.6) is 0 Å². The van der Waals surface area contributed by atoms with Crippen molar-refractivity contribution in [3.05, 3.63) is 24.8 Å². The molecule has 0 bridgehead atoms. The number of carbonyl (C=O) groups is 1. The fourth-order valence-corrected chi connectivity index (χ4v) is 0.539. The molecule has 1 amide bonds. The van der Waals surface area contributed by atoms with Crippen molar-refractivity contribution in [2.45, 2.75) is 0 Å². The van der Waals surface area contributed by atoms with E-state index in [1.54, 1.807) is 32.3 Å². The summed E-state index contributed by atoms with van der Waals surface area (Å²) in [4.78, 5) is 14.7. The molecule has 0 aromatic rings. The highest BCUT2D eigenvalue weighted by Crippen LogP contribution is 1.82. The number of hydrogen-bond donors (Lipinski definition) is 1. The van der Waals surface area contributed by atoms with Gasteiger partial charge in [0.05, 0.1) is 0 Å². The maximum atomic E-state index is 10.9. The van der Waals surface area contributed by atoms with Crippen molar-refractivity contribution in [1.82, 2.24) is 5.32 Å². The number of rotatable bonds is 3. The Labute approximate surface area is 66.5 Å². The number of allylic oxidation sites excluding steroid dienone is 2. The number of carbonyl (C=O) groups excluding carboxylic acids is 1. The minimum atomic E-state index is -0.189. The number of amides is 1. The van der Waals surface area contributed by atoms with Gasteiger partial charge in [0.25, 0.3) is 5.91 Å². The fraction of sp³-hybridized carbons (Fsp3) is 0.250. The predicted molar refractivity (Wildman–Crippen MR) is 46.8 cm³/mol. The summed E-state index contributed by atoms with van der Waals surface area (Å²) >= 11 is 0. The monoisotopic (exact) mass is 152 g/mol. The topological polar surface area (TPSA) is 41.5 Å². The van der Waals surface area contributed by atoms with Crippen LogP contribution in [-0.4, -0.2) is 25.7 Å². The molecule has 0 saturated heterocycles. The molecular weight excluding hydrogens is 140 g/mol. The average Bonchev–Trinajstić information content (AvgIpc) is 2.05. The molecular formula is C8H12N2O. The van der Waals surface area contributed by atoms with Gasteiger partial charge in [-0.25, -0.2) is 0 Å². The van der Waals surface area contributed by atoms with Gasteiger partial charge >= 0.3 is 0 Å². The minimum absolute atomic E-state index is 0.189. The summed E-state index contributed by atoms with van der Waals surface area (Å²) in [5.74, 6) is -0.189. The van der Waals surface area contributed by atoms with E-state index >= 15 is 0 Å². The Kier molecular flexibility index (Phi) is 4.73. The van der Waals surface area contributed by atoms with Crippen LogP contribution in [0, 0.1) is 0 Å². The van der Waals surface area contributed by atoms with E-state index in [1.807, 2.05) is 0 Å². The summed E-state index contributed by atoms with van der Waals surface area (Å²) in [6, 6.07) is 0. The molecule has 0 unspecified atom stereocenters. The number of nitrogens with zero attached hydrogens (tertiary/aromatic N) is 1. The Morgan fingerprint density at radius 2 is 2.27 bits per heavy atom. The molecule has 0 spiro atoms. The Bertz CT molecular complexity index is 204. The lowest BCUT2D eigenvalue weighted by molar-refractivity contribution is -0.114. The van der Waals surface area contributed by atoms with Crippen LogP contribution >= 0.6 is 0 Å². The highest BCUT2D eigenvalue weighted by molar-refractivity contribution is 6.43. The molecule has 60 valence electrons. The number of aliphatic imine (C=N–C) groups is 1. The Hall–Kier alpha value is -1.38. The molecule has 11 heavy (non-hydrogen) atoms. The molecule has 0 heterocycles. The normalized spacial score (nSPS) is 11.6. The van der Waals surface area contributed by atoms with Gasteiger partial charge in [0, 0.05) is 14.1 Å². The van der Waals surface area contributed by atoms with Gasteiger partial charge < -0.3 is 5.32 Å². The lowest BCUT2D eigenvalue weighted by Crippen LogP contribution is -2.25. The fourth-order valence-electron chi connectivity index (χ4n) is 0.539. The van der Waals surface area contributed by atoms with E-state index in [2.05, 4.69) is 16.9 Å². The van der Waals surface area contributed by atoms with Crippen molar-refractivity contribution in [3.63, 3.8) is 0 Å². The van der Waals surface area contributed by atoms with Crippen molar-refractivity contribution in [3.8, 4) is 0 Å². The second-order valence-corrected chi connectivity index (χ2v) is 1.78. The Balaban J connectivity index is 4.31. The maximum absolute atomic E-state index is 10.9. The van der Waals surface area contributed by atoms with Gasteiger partial charge in [0.1, 0.15) is 5.71 Å². The van der Waals surface area contributed by atoms with Gasteiger partial charge in [-0.2, -0.15) is 0 Å². The lowest BCUT2D eigenvalue weighted by atomic mass is 10.3. The van der Waals surface area contributed by atoms with Crippen molar-refractivity contribution in [1.29, 1.82) is 0 Å². The van der Waals surface area contributed by atoms with Crippen LogP contribution in [0.2, 0.25) is 0 Å². The smallest absolute Gasteiger partial charge is 0.269 e. The number of hydrogen-bond acceptors (Lipinski definition) is 2. The van der Waals surface area contributed by atoms with Crippen LogP contribution in [-0.2, 0) is 4.79 Å². The molecule has 0 aliphatic rings. The van der Waals surface area contributed by atoms with Crippen molar-refractivity contribution in [2.24, 2.45) is 4.99 Å². The maximum Gasteiger partial charge on any atom is 0.269 e. The zero-order valence-corrected chi connectivity index (χ0v) is 6.79. The molecule has 1 N–H and O–H groups in total. The van der Waals surface area contributed by atoms with Crippen molar-refractivity contribution < 1.29 is 4.79 Å². The van der Waals surface area contributed by atoms with E-state index in [-0.39, 0.29) is 5.91 Å². The molecule has 0 aromatic carbocycles. The zero-order chi connectivity index (χ0) is 8.69. The quantitative estimate of drug-likeness (QED) is 0.465. The summed E-state index contributed by atoms with van der Waals surface area (Å²) in [5.41, 5.74) is 0.396. The summed E-state index contributed by atoms with van der Waals surface area (Å²) in [5, 5.41) is 2.47. The number of nitrogens with one attached hydrogen (secondary N) is 1. The van der Waals surface area contributed by atoms with Gasteiger partial charge in [-0.1, -0.05) is 18.7 Å². The van der Waals surface area contributed by atoms with Crippen LogP contribution in [0.25, 0.3) is 0 Å². The van der Waals surface area contributed by atoms with Gasteiger partial charge in [0.2, 0.25) is 0 Å². The largest absolute Gasteiger partial charge is 0.354 e. The first-order chi connectivity index (χ1) is 5.26. The molecule has 0 aliphatic carbocycles. The van der Waals surface area contributed by atoms with Crippen LogP contribution in [0.4, 0.5) is 0 Å². The van der Waals surface area contributed by atoms with Gasteiger partial charge in [-0.05, 0) is 6.08 Å². The average molecular weight is 152 g/mol. The molecule has 0 saturated carbocycles. The van der Waals surface area contributed by atoms with Crippen molar-refractivity contribution in [2.75, 3.05) is 14.1 Å². The Morgan fingerprint density at radius 3 is 2.64 bits per heavy atom. The van der Waals surface area contributed by atoms with Gasteiger partial charge in [0.15, 0.2) is 0 Å². The molecule has 0 radical (unpaired) electrons. The van der Waals surface area contributed by atoms with Crippen LogP contribution < -0.4 is 5.32 Å².